The summed E-state index contributed by atoms with van der Waals surface area (Å²) in [6, 6.07) is -0.184. The first-order valence-electron chi connectivity index (χ1n) is 6.33. The Balaban J connectivity index is 2.59. The Hall–Kier alpha value is -0.750. The van der Waals surface area contributed by atoms with Gasteiger partial charge in [-0.25, -0.2) is 0 Å². The van der Waals surface area contributed by atoms with Crippen LogP contribution in [0.25, 0.3) is 0 Å². The van der Waals surface area contributed by atoms with Crippen molar-refractivity contribution in [3.8, 4) is 0 Å². The molecule has 1 heterocycles. The molecule has 0 radical (unpaired) electrons. The largest absolute Gasteiger partial charge is 0.465 e. The van der Waals surface area contributed by atoms with Gasteiger partial charge in [0.2, 0.25) is 5.91 Å². The molecule has 1 fully saturated rings. The average Bonchev–Trinajstić information content (AvgIpc) is 2.36. The number of hydrogen-bond acceptors (Lipinski definition) is 5. The van der Waals surface area contributed by atoms with Gasteiger partial charge in [-0.3, -0.25) is 9.59 Å². The fraction of sp³-hybridized carbons (Fsp3) is 0.833. The fourth-order valence-electron chi connectivity index (χ4n) is 1.78. The van der Waals surface area contributed by atoms with Gasteiger partial charge in [0.05, 0.1) is 12.6 Å². The highest BCUT2D eigenvalue weighted by Crippen LogP contribution is 2.12. The van der Waals surface area contributed by atoms with Crippen molar-refractivity contribution in [2.75, 3.05) is 31.2 Å². The lowest BCUT2D eigenvalue weighted by Crippen LogP contribution is -2.53. The van der Waals surface area contributed by atoms with Gasteiger partial charge in [0, 0.05) is 24.1 Å². The predicted octanol–water partition coefficient (Wildman–Crippen LogP) is 0.491. The van der Waals surface area contributed by atoms with Crippen LogP contribution in [0.15, 0.2) is 0 Å². The molecule has 1 unspecified atom stereocenters. The van der Waals surface area contributed by atoms with E-state index in [2.05, 4.69) is 5.32 Å². The van der Waals surface area contributed by atoms with Crippen LogP contribution in [0.3, 0.4) is 0 Å². The molecule has 5 nitrogen and oxygen atoms in total. The van der Waals surface area contributed by atoms with E-state index in [4.69, 9.17) is 4.74 Å². The van der Waals surface area contributed by atoms with Crippen LogP contribution in [-0.2, 0) is 14.3 Å². The summed E-state index contributed by atoms with van der Waals surface area (Å²) in [4.78, 5) is 25.4. The quantitative estimate of drug-likeness (QED) is 0.740. The third-order valence-corrected chi connectivity index (χ3v) is 3.79. The number of carbonyl (C=O) groups is 2. The van der Waals surface area contributed by atoms with E-state index in [-0.39, 0.29) is 30.5 Å². The van der Waals surface area contributed by atoms with Crippen LogP contribution < -0.4 is 5.32 Å². The molecule has 0 spiro atoms. The van der Waals surface area contributed by atoms with Crippen molar-refractivity contribution in [3.63, 3.8) is 0 Å². The Bertz CT molecular complexity index is 291. The van der Waals surface area contributed by atoms with Gasteiger partial charge < -0.3 is 15.0 Å². The van der Waals surface area contributed by atoms with Crippen LogP contribution in [0.5, 0.6) is 0 Å². The summed E-state index contributed by atoms with van der Waals surface area (Å²) in [5.74, 6) is 1.45. The van der Waals surface area contributed by atoms with Gasteiger partial charge in [-0.1, -0.05) is 0 Å². The van der Waals surface area contributed by atoms with Crippen molar-refractivity contribution < 1.29 is 14.3 Å². The second-order valence-corrected chi connectivity index (χ2v) is 5.60. The van der Waals surface area contributed by atoms with Crippen molar-refractivity contribution in [3.05, 3.63) is 0 Å². The summed E-state index contributed by atoms with van der Waals surface area (Å²) in [6.07, 6.45) is 0. The van der Waals surface area contributed by atoms with Crippen molar-refractivity contribution in [2.45, 2.75) is 32.9 Å². The van der Waals surface area contributed by atoms with Crippen LogP contribution in [-0.4, -0.2) is 60.1 Å². The number of esters is 1. The fourth-order valence-corrected chi connectivity index (χ4v) is 2.71. The molecular formula is C12H22N2O3S. The van der Waals surface area contributed by atoms with Gasteiger partial charge in [-0.05, 0) is 20.8 Å². The monoisotopic (exact) mass is 274 g/mol. The summed E-state index contributed by atoms with van der Waals surface area (Å²) in [7, 11) is 0. The van der Waals surface area contributed by atoms with Gasteiger partial charge in [0.25, 0.3) is 0 Å². The molecule has 0 aromatic rings. The number of nitrogens with one attached hydrogen (secondary N) is 1. The lowest BCUT2D eigenvalue weighted by Gasteiger charge is -2.31. The SMILES string of the molecule is CCOC(=O)CN(C(=O)C1CSCCN1)C(C)C. The molecule has 0 saturated carbocycles. The van der Waals surface area contributed by atoms with E-state index in [0.717, 1.165) is 18.1 Å². The summed E-state index contributed by atoms with van der Waals surface area (Å²) in [5.41, 5.74) is 0. The van der Waals surface area contributed by atoms with Gasteiger partial charge >= 0.3 is 5.97 Å². The lowest BCUT2D eigenvalue weighted by atomic mass is 10.2. The predicted molar refractivity (Wildman–Crippen MR) is 72.6 cm³/mol. The van der Waals surface area contributed by atoms with E-state index in [1.165, 1.54) is 0 Å². The van der Waals surface area contributed by atoms with E-state index in [9.17, 15) is 9.59 Å². The van der Waals surface area contributed by atoms with Gasteiger partial charge in [-0.2, -0.15) is 11.8 Å². The van der Waals surface area contributed by atoms with E-state index in [1.54, 1.807) is 23.6 Å². The zero-order valence-electron chi connectivity index (χ0n) is 11.3. The standard InChI is InChI=1S/C12H22N2O3S/c1-4-17-11(15)7-14(9(2)3)12(16)10-8-18-6-5-13-10/h9-10,13H,4-8H2,1-3H3. The normalized spacial score (nSPS) is 19.7. The molecule has 0 aromatic carbocycles. The smallest absolute Gasteiger partial charge is 0.325 e. The first kappa shape index (κ1) is 15.3. The number of rotatable bonds is 5. The molecular weight excluding hydrogens is 252 g/mol. The van der Waals surface area contributed by atoms with Crippen LogP contribution in [0.2, 0.25) is 0 Å². The Labute approximate surface area is 113 Å². The maximum atomic E-state index is 12.3. The third-order valence-electron chi connectivity index (χ3n) is 2.73. The van der Waals surface area contributed by atoms with Crippen molar-refractivity contribution in [2.24, 2.45) is 0 Å². The Kier molecular flexibility index (Phi) is 6.49. The van der Waals surface area contributed by atoms with Crippen LogP contribution in [0.4, 0.5) is 0 Å². The molecule has 1 aliphatic heterocycles. The highest BCUT2D eigenvalue weighted by atomic mass is 32.2. The van der Waals surface area contributed by atoms with E-state index < -0.39 is 0 Å². The number of carbonyl (C=O) groups excluding carboxylic acids is 2. The van der Waals surface area contributed by atoms with Crippen molar-refractivity contribution in [1.82, 2.24) is 10.2 Å². The van der Waals surface area contributed by atoms with E-state index in [0.29, 0.717) is 6.61 Å². The minimum atomic E-state index is -0.344. The summed E-state index contributed by atoms with van der Waals surface area (Å²) < 4.78 is 4.90. The Morgan fingerprint density at radius 3 is 2.72 bits per heavy atom. The number of ether oxygens (including phenoxy) is 1. The molecule has 1 amide bonds. The molecule has 1 atom stereocenters. The Morgan fingerprint density at radius 2 is 2.22 bits per heavy atom. The first-order chi connectivity index (χ1) is 8.56. The average molecular weight is 274 g/mol. The maximum Gasteiger partial charge on any atom is 0.325 e. The van der Waals surface area contributed by atoms with Crippen LogP contribution in [0, 0.1) is 0 Å². The summed E-state index contributed by atoms with van der Waals surface area (Å²) >= 11 is 1.76. The topological polar surface area (TPSA) is 58.6 Å². The highest BCUT2D eigenvalue weighted by Gasteiger charge is 2.29. The molecule has 0 bridgehead atoms. The van der Waals surface area contributed by atoms with Gasteiger partial charge in [-0.15, -0.1) is 0 Å². The molecule has 1 N–H and O–H groups in total. The third kappa shape index (κ3) is 4.49. The van der Waals surface area contributed by atoms with Crippen molar-refractivity contribution >= 4 is 23.6 Å². The van der Waals surface area contributed by atoms with Crippen LogP contribution >= 0.6 is 11.8 Å². The molecule has 18 heavy (non-hydrogen) atoms. The molecule has 1 saturated heterocycles. The van der Waals surface area contributed by atoms with E-state index >= 15 is 0 Å². The van der Waals surface area contributed by atoms with Crippen molar-refractivity contribution in [1.29, 1.82) is 0 Å². The molecule has 1 rings (SSSR count). The number of amides is 1. The molecule has 104 valence electrons. The minimum absolute atomic E-state index is 0.00404. The molecule has 6 heteroatoms. The lowest BCUT2D eigenvalue weighted by molar-refractivity contribution is -0.150. The second-order valence-electron chi connectivity index (χ2n) is 4.45. The molecule has 0 aromatic heterocycles. The zero-order valence-corrected chi connectivity index (χ0v) is 12.1. The highest BCUT2D eigenvalue weighted by molar-refractivity contribution is 7.99. The molecule has 1 aliphatic rings. The Morgan fingerprint density at radius 1 is 1.50 bits per heavy atom. The minimum Gasteiger partial charge on any atom is -0.465 e. The maximum absolute atomic E-state index is 12.3. The number of hydrogen-bond donors (Lipinski definition) is 1. The van der Waals surface area contributed by atoms with Gasteiger partial charge in [0.15, 0.2) is 0 Å². The van der Waals surface area contributed by atoms with Crippen LogP contribution in [0.1, 0.15) is 20.8 Å². The number of thioether (sulfide) groups is 1. The summed E-state index contributed by atoms with van der Waals surface area (Å²) in [6.45, 7) is 6.80. The second kappa shape index (κ2) is 7.63. The first-order valence-corrected chi connectivity index (χ1v) is 7.49. The zero-order chi connectivity index (χ0) is 13.5. The summed E-state index contributed by atoms with van der Waals surface area (Å²) in [5, 5.41) is 3.20. The molecule has 0 aliphatic carbocycles. The van der Waals surface area contributed by atoms with E-state index in [1.807, 2.05) is 13.8 Å². The number of nitrogens with zero attached hydrogens (tertiary/aromatic N) is 1. The van der Waals surface area contributed by atoms with Gasteiger partial charge in [0.1, 0.15) is 6.54 Å².